The predicted molar refractivity (Wildman–Crippen MR) is 79.2 cm³/mol. The zero-order chi connectivity index (χ0) is 16.4. The van der Waals surface area contributed by atoms with E-state index in [1.807, 2.05) is 0 Å². The molecule has 3 rings (SSSR count). The number of aryl methyl sites for hydroxylation is 1. The third-order valence-corrected chi connectivity index (χ3v) is 3.85. The summed E-state index contributed by atoms with van der Waals surface area (Å²) < 4.78 is 31.6. The van der Waals surface area contributed by atoms with Gasteiger partial charge in [-0.05, 0) is 19.1 Å². The lowest BCUT2D eigenvalue weighted by atomic mass is 10.2. The number of hydrogen-bond donors (Lipinski definition) is 0. The lowest BCUT2D eigenvalue weighted by Crippen LogP contribution is -2.11. The molecule has 1 aromatic carbocycles. The average Bonchev–Trinajstić information content (AvgIpc) is 2.89. The van der Waals surface area contributed by atoms with Crippen molar-refractivity contribution in [1.29, 1.82) is 0 Å². The van der Waals surface area contributed by atoms with Gasteiger partial charge in [-0.15, -0.1) is 11.3 Å². The van der Waals surface area contributed by atoms with E-state index >= 15 is 0 Å². The molecule has 0 aliphatic heterocycles. The molecule has 0 aliphatic rings. The van der Waals surface area contributed by atoms with Gasteiger partial charge in [0.2, 0.25) is 5.88 Å². The Bertz CT molecular complexity index is 868. The van der Waals surface area contributed by atoms with Gasteiger partial charge in [0.15, 0.2) is 0 Å². The molecular formula is C15H9F2N3O2S. The van der Waals surface area contributed by atoms with Crippen molar-refractivity contribution in [2.45, 2.75) is 6.92 Å². The molecule has 23 heavy (non-hydrogen) atoms. The molecule has 116 valence electrons. The van der Waals surface area contributed by atoms with Crippen molar-refractivity contribution >= 4 is 17.3 Å². The molecule has 0 radical (unpaired) electrons. The number of aromatic nitrogens is 3. The first kappa shape index (κ1) is 15.2. The van der Waals surface area contributed by atoms with E-state index in [2.05, 4.69) is 15.0 Å². The number of thiazole rings is 1. The van der Waals surface area contributed by atoms with E-state index in [9.17, 15) is 13.6 Å². The van der Waals surface area contributed by atoms with Crippen LogP contribution in [0.5, 0.6) is 5.88 Å². The maximum absolute atomic E-state index is 13.6. The lowest BCUT2D eigenvalue weighted by Gasteiger charge is -2.03. The van der Waals surface area contributed by atoms with Crippen molar-refractivity contribution in [2.75, 3.05) is 0 Å². The van der Waals surface area contributed by atoms with Gasteiger partial charge >= 0.3 is 5.97 Å². The first-order chi connectivity index (χ1) is 11.0. The van der Waals surface area contributed by atoms with E-state index in [1.54, 1.807) is 6.92 Å². The molecule has 0 bridgehead atoms. The highest BCUT2D eigenvalue weighted by atomic mass is 32.1. The summed E-state index contributed by atoms with van der Waals surface area (Å²) >= 11 is 1.27. The molecule has 0 N–H and O–H groups in total. The van der Waals surface area contributed by atoms with Crippen LogP contribution in [0.25, 0.3) is 10.7 Å². The lowest BCUT2D eigenvalue weighted by molar-refractivity contribution is 0.0722. The summed E-state index contributed by atoms with van der Waals surface area (Å²) in [7, 11) is 0. The zero-order valence-corrected chi connectivity index (χ0v) is 12.6. The summed E-state index contributed by atoms with van der Waals surface area (Å²) in [6.07, 6.45) is 4.58. The molecule has 0 fully saturated rings. The second-order valence-electron chi connectivity index (χ2n) is 4.48. The summed E-state index contributed by atoms with van der Waals surface area (Å²) in [5, 5.41) is 0.526. The molecule has 0 spiro atoms. The van der Waals surface area contributed by atoms with Crippen LogP contribution in [0.3, 0.4) is 0 Å². The molecule has 2 aromatic heterocycles. The Hall–Kier alpha value is -2.74. The quantitative estimate of drug-likeness (QED) is 0.687. The number of ether oxygens (including phenoxy) is 1. The molecule has 2 heterocycles. The number of nitrogens with zero attached hydrogens (tertiary/aromatic N) is 3. The van der Waals surface area contributed by atoms with Crippen LogP contribution < -0.4 is 4.74 Å². The fourth-order valence-corrected chi connectivity index (χ4v) is 2.60. The van der Waals surface area contributed by atoms with Gasteiger partial charge in [-0.2, -0.15) is 4.98 Å². The van der Waals surface area contributed by atoms with Crippen LogP contribution in [-0.2, 0) is 0 Å². The largest absolute Gasteiger partial charge is 0.403 e. The molecule has 0 saturated carbocycles. The molecule has 3 aromatic rings. The van der Waals surface area contributed by atoms with Crippen molar-refractivity contribution < 1.29 is 18.3 Å². The smallest absolute Gasteiger partial charge is 0.347 e. The molecule has 8 heteroatoms. The molecule has 0 unspecified atom stereocenters. The number of rotatable bonds is 3. The van der Waals surface area contributed by atoms with Gasteiger partial charge in [0.1, 0.15) is 22.3 Å². The van der Waals surface area contributed by atoms with Gasteiger partial charge in [-0.3, -0.25) is 9.97 Å². The van der Waals surface area contributed by atoms with Gasteiger partial charge < -0.3 is 4.74 Å². The Morgan fingerprint density at radius 1 is 1.26 bits per heavy atom. The normalized spacial score (nSPS) is 10.6. The summed E-state index contributed by atoms with van der Waals surface area (Å²) in [6, 6.07) is 2.63. The molecular weight excluding hydrogens is 324 g/mol. The van der Waals surface area contributed by atoms with Gasteiger partial charge in [-0.25, -0.2) is 13.6 Å². The Kier molecular flexibility index (Phi) is 4.07. The van der Waals surface area contributed by atoms with E-state index in [0.717, 1.165) is 12.1 Å². The fourth-order valence-electron chi connectivity index (χ4n) is 1.79. The van der Waals surface area contributed by atoms with Crippen molar-refractivity contribution in [1.82, 2.24) is 15.0 Å². The first-order valence-corrected chi connectivity index (χ1v) is 7.27. The maximum atomic E-state index is 13.6. The topological polar surface area (TPSA) is 65.0 Å². The number of carbonyl (C=O) groups is 1. The molecule has 5 nitrogen and oxygen atoms in total. The highest BCUT2D eigenvalue weighted by Gasteiger charge is 2.19. The fraction of sp³-hybridized carbons (Fsp3) is 0.0667. The van der Waals surface area contributed by atoms with Gasteiger partial charge in [0, 0.05) is 18.5 Å². The third-order valence-electron chi connectivity index (χ3n) is 2.88. The minimum absolute atomic E-state index is 0.0596. The summed E-state index contributed by atoms with van der Waals surface area (Å²) in [5.74, 6) is -2.64. The average molecular weight is 333 g/mol. The van der Waals surface area contributed by atoms with Crippen molar-refractivity contribution in [3.05, 3.63) is 58.9 Å². The SMILES string of the molecule is Cc1sc(-c2cnccn2)nc1OC(=O)c1ccc(F)cc1F. The second kappa shape index (κ2) is 6.17. The zero-order valence-electron chi connectivity index (χ0n) is 11.8. The van der Waals surface area contributed by atoms with E-state index in [0.29, 0.717) is 21.6 Å². The van der Waals surface area contributed by atoms with Crippen LogP contribution in [0.4, 0.5) is 8.78 Å². The van der Waals surface area contributed by atoms with Crippen LogP contribution in [0.15, 0.2) is 36.8 Å². The Morgan fingerprint density at radius 3 is 2.78 bits per heavy atom. The summed E-state index contributed by atoms with van der Waals surface area (Å²) in [6.45, 7) is 1.71. The molecule has 0 atom stereocenters. The standard InChI is InChI=1S/C15H9F2N3O2S/c1-8-13(20-14(23-8)12-7-18-4-5-19-12)22-15(21)10-3-2-9(16)6-11(10)17/h2-7H,1H3. The molecule has 0 amide bonds. The number of esters is 1. The first-order valence-electron chi connectivity index (χ1n) is 6.45. The minimum atomic E-state index is -0.989. The summed E-state index contributed by atoms with van der Waals surface area (Å²) in [5.41, 5.74) is 0.177. The van der Waals surface area contributed by atoms with E-state index < -0.39 is 17.6 Å². The second-order valence-corrected chi connectivity index (χ2v) is 5.69. The van der Waals surface area contributed by atoms with Crippen LogP contribution in [-0.4, -0.2) is 20.9 Å². The minimum Gasteiger partial charge on any atom is -0.403 e. The van der Waals surface area contributed by atoms with Crippen LogP contribution in [0.1, 0.15) is 15.2 Å². The Morgan fingerprint density at radius 2 is 2.09 bits per heavy atom. The monoisotopic (exact) mass is 333 g/mol. The Labute approximate surface area is 133 Å². The van der Waals surface area contributed by atoms with Gasteiger partial charge in [0.05, 0.1) is 16.6 Å². The highest BCUT2D eigenvalue weighted by Crippen LogP contribution is 2.30. The predicted octanol–water partition coefficient (Wildman–Crippen LogP) is 3.41. The third kappa shape index (κ3) is 3.21. The van der Waals surface area contributed by atoms with Crippen LogP contribution in [0, 0.1) is 18.6 Å². The molecule has 0 aliphatic carbocycles. The number of hydrogen-bond acceptors (Lipinski definition) is 6. The van der Waals surface area contributed by atoms with Crippen LogP contribution >= 0.6 is 11.3 Å². The number of benzene rings is 1. The van der Waals surface area contributed by atoms with E-state index in [1.165, 1.54) is 29.9 Å². The van der Waals surface area contributed by atoms with Gasteiger partial charge in [0.25, 0.3) is 0 Å². The van der Waals surface area contributed by atoms with Crippen molar-refractivity contribution in [3.8, 4) is 16.6 Å². The van der Waals surface area contributed by atoms with E-state index in [4.69, 9.17) is 4.74 Å². The molecule has 0 saturated heterocycles. The van der Waals surface area contributed by atoms with Crippen molar-refractivity contribution in [3.63, 3.8) is 0 Å². The van der Waals surface area contributed by atoms with Gasteiger partial charge in [-0.1, -0.05) is 0 Å². The number of carbonyl (C=O) groups excluding carboxylic acids is 1. The Balaban J connectivity index is 1.86. The van der Waals surface area contributed by atoms with Crippen LogP contribution in [0.2, 0.25) is 0 Å². The van der Waals surface area contributed by atoms with Crippen molar-refractivity contribution in [2.24, 2.45) is 0 Å². The van der Waals surface area contributed by atoms with E-state index in [-0.39, 0.29) is 11.4 Å². The number of halogens is 2. The maximum Gasteiger partial charge on any atom is 0.347 e. The highest BCUT2D eigenvalue weighted by molar-refractivity contribution is 7.15. The summed E-state index contributed by atoms with van der Waals surface area (Å²) in [4.78, 5) is 24.8.